The quantitative estimate of drug-likeness (QED) is 0.826. The summed E-state index contributed by atoms with van der Waals surface area (Å²) in [5, 5.41) is 7.51. The van der Waals surface area contributed by atoms with Crippen molar-refractivity contribution < 1.29 is 9.59 Å². The van der Waals surface area contributed by atoms with Gasteiger partial charge in [-0.3, -0.25) is 9.59 Å². The molecule has 1 saturated heterocycles. The SMILES string of the molecule is CC1CCCN(C(=O)C(=O)Nc2c3c(nn2-c2ccccc2)CSC3)C1. The lowest BCUT2D eigenvalue weighted by Crippen LogP contribution is -2.45. The van der Waals surface area contributed by atoms with E-state index in [1.165, 1.54) is 0 Å². The van der Waals surface area contributed by atoms with Crippen LogP contribution in [-0.4, -0.2) is 39.6 Å². The Labute approximate surface area is 156 Å². The number of hydrogen-bond acceptors (Lipinski definition) is 4. The highest BCUT2D eigenvalue weighted by atomic mass is 32.2. The van der Waals surface area contributed by atoms with Crippen molar-refractivity contribution in [2.24, 2.45) is 5.92 Å². The van der Waals surface area contributed by atoms with Crippen LogP contribution in [0.3, 0.4) is 0 Å². The number of thioether (sulfide) groups is 1. The number of nitrogens with one attached hydrogen (secondary N) is 1. The molecule has 2 aliphatic rings. The monoisotopic (exact) mass is 370 g/mol. The fourth-order valence-electron chi connectivity index (χ4n) is 3.58. The van der Waals surface area contributed by atoms with E-state index in [4.69, 9.17) is 0 Å². The smallest absolute Gasteiger partial charge is 0.315 e. The summed E-state index contributed by atoms with van der Waals surface area (Å²) in [5.74, 6) is 1.67. The Hall–Kier alpha value is -2.28. The molecular weight excluding hydrogens is 348 g/mol. The molecule has 3 heterocycles. The van der Waals surface area contributed by atoms with Gasteiger partial charge in [0.1, 0.15) is 5.82 Å². The van der Waals surface area contributed by atoms with E-state index in [9.17, 15) is 9.59 Å². The number of hydrogen-bond donors (Lipinski definition) is 1. The zero-order chi connectivity index (χ0) is 18.1. The lowest BCUT2D eigenvalue weighted by Gasteiger charge is -2.30. The van der Waals surface area contributed by atoms with E-state index in [1.54, 1.807) is 21.3 Å². The van der Waals surface area contributed by atoms with Gasteiger partial charge in [0.25, 0.3) is 0 Å². The molecule has 2 aromatic rings. The summed E-state index contributed by atoms with van der Waals surface area (Å²) >= 11 is 1.77. The van der Waals surface area contributed by atoms with E-state index in [2.05, 4.69) is 17.3 Å². The number of likely N-dealkylation sites (tertiary alicyclic amines) is 1. The molecule has 0 spiro atoms. The molecule has 1 aromatic heterocycles. The summed E-state index contributed by atoms with van der Waals surface area (Å²) in [6, 6.07) is 9.69. The number of piperidine rings is 1. The zero-order valence-corrected chi connectivity index (χ0v) is 15.6. The average molecular weight is 370 g/mol. The van der Waals surface area contributed by atoms with E-state index in [0.717, 1.165) is 41.3 Å². The van der Waals surface area contributed by atoms with E-state index < -0.39 is 11.8 Å². The average Bonchev–Trinajstić information content (AvgIpc) is 3.24. The first-order valence-corrected chi connectivity index (χ1v) is 10.1. The van der Waals surface area contributed by atoms with Crippen LogP contribution in [0.25, 0.3) is 5.69 Å². The van der Waals surface area contributed by atoms with Crippen LogP contribution < -0.4 is 5.32 Å². The summed E-state index contributed by atoms with van der Waals surface area (Å²) in [5.41, 5.74) is 2.88. The Balaban J connectivity index is 1.59. The number of rotatable bonds is 2. The molecule has 0 saturated carbocycles. The van der Waals surface area contributed by atoms with Crippen LogP contribution in [0.4, 0.5) is 5.82 Å². The molecule has 26 heavy (non-hydrogen) atoms. The van der Waals surface area contributed by atoms with E-state index in [0.29, 0.717) is 24.8 Å². The van der Waals surface area contributed by atoms with Crippen molar-refractivity contribution in [3.8, 4) is 5.69 Å². The number of nitrogens with zero attached hydrogens (tertiary/aromatic N) is 3. The van der Waals surface area contributed by atoms with Crippen molar-refractivity contribution in [2.75, 3.05) is 18.4 Å². The lowest BCUT2D eigenvalue weighted by molar-refractivity contribution is -0.144. The molecule has 2 amide bonds. The predicted octanol–water partition coefficient (Wildman–Crippen LogP) is 2.82. The fraction of sp³-hybridized carbons (Fsp3) is 0.421. The maximum absolute atomic E-state index is 12.6. The maximum Gasteiger partial charge on any atom is 0.315 e. The number of benzene rings is 1. The zero-order valence-electron chi connectivity index (χ0n) is 14.8. The molecule has 1 atom stereocenters. The predicted molar refractivity (Wildman–Crippen MR) is 102 cm³/mol. The Kier molecular flexibility index (Phi) is 4.72. The van der Waals surface area contributed by atoms with Crippen molar-refractivity contribution in [3.63, 3.8) is 0 Å². The minimum Gasteiger partial charge on any atom is -0.334 e. The van der Waals surface area contributed by atoms with Crippen LogP contribution in [0, 0.1) is 5.92 Å². The fourth-order valence-corrected chi connectivity index (χ4v) is 4.61. The molecule has 1 N–H and O–H groups in total. The summed E-state index contributed by atoms with van der Waals surface area (Å²) in [7, 11) is 0. The van der Waals surface area contributed by atoms with Gasteiger partial charge in [0, 0.05) is 30.2 Å². The molecule has 0 bridgehead atoms. The molecule has 1 unspecified atom stereocenters. The number of aromatic nitrogens is 2. The molecule has 136 valence electrons. The first-order valence-electron chi connectivity index (χ1n) is 8.97. The third-order valence-corrected chi connectivity index (χ3v) is 5.89. The molecule has 1 fully saturated rings. The van der Waals surface area contributed by atoms with Gasteiger partial charge in [-0.1, -0.05) is 25.1 Å². The summed E-state index contributed by atoms with van der Waals surface area (Å²) in [6.07, 6.45) is 2.06. The van der Waals surface area contributed by atoms with Crippen molar-refractivity contribution in [3.05, 3.63) is 41.6 Å². The van der Waals surface area contributed by atoms with Crippen LogP contribution in [0.15, 0.2) is 30.3 Å². The molecule has 4 rings (SSSR count). The molecular formula is C19H22N4O2S. The highest BCUT2D eigenvalue weighted by molar-refractivity contribution is 7.98. The Morgan fingerprint density at radius 2 is 2.04 bits per heavy atom. The number of anilines is 1. The summed E-state index contributed by atoms with van der Waals surface area (Å²) in [4.78, 5) is 26.9. The van der Waals surface area contributed by atoms with E-state index in [1.807, 2.05) is 30.3 Å². The summed E-state index contributed by atoms with van der Waals surface area (Å²) in [6.45, 7) is 3.42. The van der Waals surface area contributed by atoms with Gasteiger partial charge in [-0.05, 0) is 30.9 Å². The molecule has 0 aliphatic carbocycles. The normalized spacial score (nSPS) is 19.3. The van der Waals surface area contributed by atoms with Gasteiger partial charge < -0.3 is 10.2 Å². The first-order chi connectivity index (χ1) is 12.6. The minimum absolute atomic E-state index is 0.441. The minimum atomic E-state index is -0.573. The number of carbonyl (C=O) groups excluding carboxylic acids is 2. The second-order valence-electron chi connectivity index (χ2n) is 6.97. The van der Waals surface area contributed by atoms with Gasteiger partial charge in [-0.15, -0.1) is 0 Å². The van der Waals surface area contributed by atoms with Crippen LogP contribution in [0.5, 0.6) is 0 Å². The second-order valence-corrected chi connectivity index (χ2v) is 7.95. The van der Waals surface area contributed by atoms with Gasteiger partial charge in [0.2, 0.25) is 0 Å². The van der Waals surface area contributed by atoms with Gasteiger partial charge >= 0.3 is 11.8 Å². The van der Waals surface area contributed by atoms with Crippen LogP contribution in [-0.2, 0) is 21.1 Å². The Morgan fingerprint density at radius 1 is 1.23 bits per heavy atom. The number of carbonyl (C=O) groups is 2. The van der Waals surface area contributed by atoms with Gasteiger partial charge in [-0.2, -0.15) is 16.9 Å². The first kappa shape index (κ1) is 17.1. The number of amides is 2. The van der Waals surface area contributed by atoms with E-state index in [-0.39, 0.29) is 0 Å². The topological polar surface area (TPSA) is 67.2 Å². The second kappa shape index (κ2) is 7.15. The lowest BCUT2D eigenvalue weighted by atomic mass is 10.0. The Morgan fingerprint density at radius 3 is 2.81 bits per heavy atom. The van der Waals surface area contributed by atoms with Gasteiger partial charge in [-0.25, -0.2) is 4.68 Å². The maximum atomic E-state index is 12.6. The van der Waals surface area contributed by atoms with Crippen molar-refractivity contribution in [2.45, 2.75) is 31.3 Å². The largest absolute Gasteiger partial charge is 0.334 e. The van der Waals surface area contributed by atoms with Gasteiger partial charge in [0.05, 0.1) is 11.4 Å². The van der Waals surface area contributed by atoms with Gasteiger partial charge in [0.15, 0.2) is 0 Å². The molecule has 2 aliphatic heterocycles. The third kappa shape index (κ3) is 3.23. The van der Waals surface area contributed by atoms with Crippen LogP contribution >= 0.6 is 11.8 Å². The molecule has 1 aromatic carbocycles. The van der Waals surface area contributed by atoms with Crippen LogP contribution in [0.1, 0.15) is 31.0 Å². The molecule has 7 heteroatoms. The molecule has 0 radical (unpaired) electrons. The highest BCUT2D eigenvalue weighted by Gasteiger charge is 2.30. The third-order valence-electron chi connectivity index (χ3n) is 4.92. The number of para-hydroxylation sites is 1. The summed E-state index contributed by atoms with van der Waals surface area (Å²) < 4.78 is 1.74. The molecule has 6 nitrogen and oxygen atoms in total. The van der Waals surface area contributed by atoms with Crippen molar-refractivity contribution in [1.29, 1.82) is 0 Å². The van der Waals surface area contributed by atoms with Crippen molar-refractivity contribution >= 4 is 29.4 Å². The van der Waals surface area contributed by atoms with E-state index >= 15 is 0 Å². The van der Waals surface area contributed by atoms with Crippen molar-refractivity contribution in [1.82, 2.24) is 14.7 Å². The Bertz CT molecular complexity index is 834. The standard InChI is InChI=1S/C19H22N4O2S/c1-13-6-5-9-22(10-13)19(25)18(24)20-17-15-11-26-12-16(15)21-23(17)14-7-3-2-4-8-14/h2-4,7-8,13H,5-6,9-12H2,1H3,(H,20,24). The highest BCUT2D eigenvalue weighted by Crippen LogP contribution is 2.36. The van der Waals surface area contributed by atoms with Crippen LogP contribution in [0.2, 0.25) is 0 Å². The number of fused-ring (bicyclic) bond motifs is 1.